The number of aryl methyl sites for hydroxylation is 1. The zero-order valence-electron chi connectivity index (χ0n) is 21.7. The summed E-state index contributed by atoms with van der Waals surface area (Å²) >= 11 is 0. The maximum Gasteiger partial charge on any atom is 0.196 e. The highest BCUT2D eigenvalue weighted by Gasteiger charge is 2.63. The molecule has 0 heterocycles. The Balaban J connectivity index is 0.000000170. The maximum atomic E-state index is 12.7. The van der Waals surface area contributed by atoms with Crippen molar-refractivity contribution in [3.05, 3.63) is 101 Å². The lowest BCUT2D eigenvalue weighted by molar-refractivity contribution is -0.125. The molecule has 0 aromatic heterocycles. The van der Waals surface area contributed by atoms with E-state index in [1.54, 1.807) is 36.4 Å². The van der Waals surface area contributed by atoms with Gasteiger partial charge in [-0.2, -0.15) is 0 Å². The van der Waals surface area contributed by atoms with Crippen LogP contribution in [0.3, 0.4) is 0 Å². The molecule has 4 nitrogen and oxygen atoms in total. The van der Waals surface area contributed by atoms with Gasteiger partial charge in [-0.15, -0.1) is 0 Å². The SMILES string of the molecule is COc1ccc(C(=O)c2ccccc2)c(O)c1.Cc1ccc(C=C2C(=O)C3(C)CCC2C3(C)C)cc1. The molecule has 2 unspecified atom stereocenters. The van der Waals surface area contributed by atoms with Crippen LogP contribution in [0.15, 0.2) is 78.4 Å². The molecule has 4 heteroatoms. The molecule has 186 valence electrons. The molecule has 3 aromatic rings. The lowest BCUT2D eigenvalue weighted by Gasteiger charge is -2.31. The van der Waals surface area contributed by atoms with Gasteiger partial charge < -0.3 is 9.84 Å². The number of aromatic hydroxyl groups is 1. The first-order valence-corrected chi connectivity index (χ1v) is 12.4. The molecule has 2 fully saturated rings. The summed E-state index contributed by atoms with van der Waals surface area (Å²) < 4.78 is 4.96. The number of carbonyl (C=O) groups is 2. The quantitative estimate of drug-likeness (QED) is 0.320. The average Bonchev–Trinajstić information content (AvgIpc) is 3.19. The second-order valence-corrected chi connectivity index (χ2v) is 10.6. The molecule has 0 spiro atoms. The lowest BCUT2D eigenvalue weighted by atomic mass is 9.70. The van der Waals surface area contributed by atoms with Gasteiger partial charge in [0, 0.05) is 17.0 Å². The first kappa shape index (κ1) is 25.4. The molecule has 0 amide bonds. The number of phenolic OH excluding ortho intramolecular Hbond substituents is 1. The van der Waals surface area contributed by atoms with E-state index in [1.165, 1.54) is 18.7 Å². The highest BCUT2D eigenvalue weighted by Crippen LogP contribution is 2.65. The number of carbonyl (C=O) groups excluding carboxylic acids is 2. The van der Waals surface area contributed by atoms with Crippen molar-refractivity contribution in [2.75, 3.05) is 7.11 Å². The minimum absolute atomic E-state index is 0.0711. The Morgan fingerprint density at radius 2 is 1.67 bits per heavy atom. The predicted octanol–water partition coefficient (Wildman–Crippen LogP) is 7.04. The third-order valence-electron chi connectivity index (χ3n) is 8.25. The number of Topliss-reactive ketones (excluding diaryl/α,β-unsaturated/α-hetero) is 1. The Morgan fingerprint density at radius 3 is 2.22 bits per heavy atom. The van der Waals surface area contributed by atoms with Crippen LogP contribution in [0.1, 0.15) is 60.7 Å². The molecule has 2 atom stereocenters. The van der Waals surface area contributed by atoms with E-state index in [-0.39, 0.29) is 27.9 Å². The monoisotopic (exact) mass is 482 g/mol. The summed E-state index contributed by atoms with van der Waals surface area (Å²) in [6.07, 6.45) is 4.33. The van der Waals surface area contributed by atoms with Crippen LogP contribution >= 0.6 is 0 Å². The van der Waals surface area contributed by atoms with Gasteiger partial charge in [0.1, 0.15) is 11.5 Å². The summed E-state index contributed by atoms with van der Waals surface area (Å²) in [5.41, 5.74) is 4.26. The van der Waals surface area contributed by atoms with Gasteiger partial charge in [-0.1, -0.05) is 80.9 Å². The Hall–Kier alpha value is -3.66. The molecule has 1 N–H and O–H groups in total. The van der Waals surface area contributed by atoms with Crippen LogP contribution in [0.25, 0.3) is 6.08 Å². The fourth-order valence-electron chi connectivity index (χ4n) is 5.51. The number of rotatable bonds is 4. The molecular weight excluding hydrogens is 448 g/mol. The van der Waals surface area contributed by atoms with Crippen molar-refractivity contribution in [2.45, 2.75) is 40.5 Å². The number of methoxy groups -OCH3 is 1. The molecule has 2 bridgehead atoms. The number of hydrogen-bond acceptors (Lipinski definition) is 4. The van der Waals surface area contributed by atoms with Crippen LogP contribution < -0.4 is 4.74 Å². The van der Waals surface area contributed by atoms with Gasteiger partial charge in [-0.05, 0) is 60.4 Å². The van der Waals surface area contributed by atoms with E-state index in [0.29, 0.717) is 23.0 Å². The molecule has 5 rings (SSSR count). The average molecular weight is 483 g/mol. The van der Waals surface area contributed by atoms with Crippen molar-refractivity contribution in [3.63, 3.8) is 0 Å². The number of allylic oxidation sites excluding steroid dienone is 1. The maximum absolute atomic E-state index is 12.7. The first-order chi connectivity index (χ1) is 17.1. The van der Waals surface area contributed by atoms with Crippen molar-refractivity contribution in [1.82, 2.24) is 0 Å². The molecule has 2 saturated carbocycles. The molecule has 0 aliphatic heterocycles. The van der Waals surface area contributed by atoms with Crippen LogP contribution in [-0.2, 0) is 4.79 Å². The number of ketones is 2. The third kappa shape index (κ3) is 4.48. The van der Waals surface area contributed by atoms with Crippen molar-refractivity contribution in [1.29, 1.82) is 0 Å². The van der Waals surface area contributed by atoms with E-state index in [4.69, 9.17) is 4.74 Å². The van der Waals surface area contributed by atoms with Crippen molar-refractivity contribution in [2.24, 2.45) is 16.7 Å². The Kier molecular flexibility index (Phi) is 6.90. The van der Waals surface area contributed by atoms with Gasteiger partial charge in [-0.3, -0.25) is 9.59 Å². The number of phenols is 1. The largest absolute Gasteiger partial charge is 0.507 e. The highest BCUT2D eigenvalue weighted by molar-refractivity contribution is 6.10. The molecule has 3 aromatic carbocycles. The Labute approximate surface area is 213 Å². The summed E-state index contributed by atoms with van der Waals surface area (Å²) in [5.74, 6) is 1.07. The van der Waals surface area contributed by atoms with Gasteiger partial charge >= 0.3 is 0 Å². The van der Waals surface area contributed by atoms with Crippen LogP contribution in [0.4, 0.5) is 0 Å². The van der Waals surface area contributed by atoms with E-state index >= 15 is 0 Å². The lowest BCUT2D eigenvalue weighted by Crippen LogP contribution is -2.32. The van der Waals surface area contributed by atoms with Gasteiger partial charge in [0.05, 0.1) is 12.7 Å². The molecule has 0 saturated heterocycles. The highest BCUT2D eigenvalue weighted by atomic mass is 16.5. The van der Waals surface area contributed by atoms with Crippen LogP contribution in [0.5, 0.6) is 11.5 Å². The molecule has 36 heavy (non-hydrogen) atoms. The van der Waals surface area contributed by atoms with Gasteiger partial charge in [0.2, 0.25) is 0 Å². The van der Waals surface area contributed by atoms with E-state index in [0.717, 1.165) is 24.0 Å². The second-order valence-electron chi connectivity index (χ2n) is 10.6. The van der Waals surface area contributed by atoms with E-state index in [1.807, 2.05) is 6.07 Å². The molecule has 0 radical (unpaired) electrons. The minimum atomic E-state index is -0.203. The number of hydrogen-bond donors (Lipinski definition) is 1. The van der Waals surface area contributed by atoms with Crippen molar-refractivity contribution in [3.8, 4) is 11.5 Å². The van der Waals surface area contributed by atoms with Crippen LogP contribution in [0.2, 0.25) is 0 Å². The van der Waals surface area contributed by atoms with Crippen LogP contribution in [-0.4, -0.2) is 23.8 Å². The summed E-state index contributed by atoms with van der Waals surface area (Å²) in [5, 5.41) is 9.75. The Morgan fingerprint density at radius 1 is 1.00 bits per heavy atom. The summed E-state index contributed by atoms with van der Waals surface area (Å²) in [4.78, 5) is 24.8. The molecular formula is C32H34O4. The fraction of sp³-hybridized carbons (Fsp3) is 0.312. The fourth-order valence-corrected chi connectivity index (χ4v) is 5.51. The van der Waals surface area contributed by atoms with Crippen LogP contribution in [0, 0.1) is 23.7 Å². The van der Waals surface area contributed by atoms with E-state index < -0.39 is 0 Å². The van der Waals surface area contributed by atoms with Crippen molar-refractivity contribution < 1.29 is 19.4 Å². The number of benzene rings is 3. The van der Waals surface area contributed by atoms with Gasteiger partial charge in [-0.25, -0.2) is 0 Å². The van der Waals surface area contributed by atoms with Gasteiger partial charge in [0.15, 0.2) is 11.6 Å². The third-order valence-corrected chi connectivity index (χ3v) is 8.25. The second kappa shape index (κ2) is 9.77. The summed E-state index contributed by atoms with van der Waals surface area (Å²) in [6.45, 7) is 8.77. The zero-order valence-corrected chi connectivity index (χ0v) is 21.7. The zero-order chi connectivity index (χ0) is 26.1. The number of fused-ring (bicyclic) bond motifs is 2. The minimum Gasteiger partial charge on any atom is -0.507 e. The summed E-state index contributed by atoms with van der Waals surface area (Å²) in [7, 11) is 1.51. The molecule has 2 aliphatic carbocycles. The Bertz CT molecular complexity index is 1300. The summed E-state index contributed by atoms with van der Waals surface area (Å²) in [6, 6.07) is 21.9. The van der Waals surface area contributed by atoms with E-state index in [9.17, 15) is 14.7 Å². The van der Waals surface area contributed by atoms with Crippen molar-refractivity contribution >= 4 is 17.6 Å². The molecule has 2 aliphatic rings. The first-order valence-electron chi connectivity index (χ1n) is 12.4. The standard InChI is InChI=1S/C18H22O.C14H12O3/c1-12-5-7-13(8-6-12)11-14-15-9-10-18(4,16(14)19)17(15,2)3;1-17-11-7-8-12(13(15)9-11)14(16)10-5-3-2-4-6-10/h5-8,11,15H,9-10H2,1-4H3;2-9,15H,1H3. The normalized spacial score (nSPS) is 22.8. The predicted molar refractivity (Wildman–Crippen MR) is 143 cm³/mol. The topological polar surface area (TPSA) is 63.6 Å². The smallest absolute Gasteiger partial charge is 0.196 e. The van der Waals surface area contributed by atoms with Gasteiger partial charge in [0.25, 0.3) is 0 Å². The van der Waals surface area contributed by atoms with E-state index in [2.05, 4.69) is 58.0 Å². The number of ether oxygens (including phenoxy) is 1.